The van der Waals surface area contributed by atoms with Gasteiger partial charge in [-0.1, -0.05) is 42.5 Å². The Balaban J connectivity index is 1.56. The summed E-state index contributed by atoms with van der Waals surface area (Å²) in [5, 5.41) is 7.24. The molecule has 29 heavy (non-hydrogen) atoms. The van der Waals surface area contributed by atoms with E-state index in [0.717, 1.165) is 5.56 Å². The van der Waals surface area contributed by atoms with Crippen molar-refractivity contribution < 1.29 is 9.18 Å². The summed E-state index contributed by atoms with van der Waals surface area (Å²) in [4.78, 5) is 17.2. The molecule has 4 aromatic rings. The Kier molecular flexibility index (Phi) is 5.20. The molecule has 6 nitrogen and oxygen atoms in total. The number of aromatic nitrogens is 4. The average Bonchev–Trinajstić information content (AvgIpc) is 3.36. The van der Waals surface area contributed by atoms with Gasteiger partial charge in [-0.3, -0.25) is 9.48 Å². The number of amides is 1. The van der Waals surface area contributed by atoms with Crippen molar-refractivity contribution in [2.24, 2.45) is 7.05 Å². The molecule has 0 radical (unpaired) electrons. The molecule has 0 aliphatic heterocycles. The summed E-state index contributed by atoms with van der Waals surface area (Å²) in [6.07, 6.45) is 6.65. The fourth-order valence-corrected chi connectivity index (χ4v) is 3.19. The van der Waals surface area contributed by atoms with E-state index in [1.807, 2.05) is 37.4 Å². The molecule has 4 rings (SSSR count). The van der Waals surface area contributed by atoms with E-state index in [1.165, 1.54) is 18.3 Å². The number of aryl methyl sites for hydroxylation is 1. The highest BCUT2D eigenvalue weighted by atomic mass is 19.1. The maximum absolute atomic E-state index is 13.8. The van der Waals surface area contributed by atoms with Crippen LogP contribution in [0.1, 0.15) is 33.4 Å². The second kappa shape index (κ2) is 8.10. The van der Waals surface area contributed by atoms with E-state index < -0.39 is 6.04 Å². The Morgan fingerprint density at radius 2 is 2.00 bits per heavy atom. The largest absolute Gasteiger partial charge is 0.338 e. The van der Waals surface area contributed by atoms with E-state index in [0.29, 0.717) is 23.5 Å². The van der Waals surface area contributed by atoms with Gasteiger partial charge >= 0.3 is 0 Å². The lowest BCUT2D eigenvalue weighted by Crippen LogP contribution is -2.31. The second-order valence-electron chi connectivity index (χ2n) is 6.77. The van der Waals surface area contributed by atoms with E-state index in [9.17, 15) is 9.18 Å². The maximum Gasteiger partial charge on any atom is 0.255 e. The zero-order valence-corrected chi connectivity index (χ0v) is 15.9. The van der Waals surface area contributed by atoms with Gasteiger partial charge in [0, 0.05) is 25.6 Å². The van der Waals surface area contributed by atoms with Gasteiger partial charge in [-0.25, -0.2) is 9.37 Å². The van der Waals surface area contributed by atoms with Gasteiger partial charge < -0.3 is 9.88 Å². The minimum atomic E-state index is -0.587. The molecule has 2 aromatic carbocycles. The Morgan fingerprint density at radius 3 is 2.72 bits per heavy atom. The lowest BCUT2D eigenvalue weighted by molar-refractivity contribution is 0.0941. The fraction of sp³-hybridized carbons (Fsp3) is 0.136. The molecule has 0 bridgehead atoms. The van der Waals surface area contributed by atoms with Crippen molar-refractivity contribution in [3.63, 3.8) is 0 Å². The van der Waals surface area contributed by atoms with E-state index >= 15 is 0 Å². The fourth-order valence-electron chi connectivity index (χ4n) is 3.19. The van der Waals surface area contributed by atoms with Crippen LogP contribution in [0, 0.1) is 5.82 Å². The summed E-state index contributed by atoms with van der Waals surface area (Å²) in [6.45, 7) is 0.570. The van der Waals surface area contributed by atoms with Crippen LogP contribution in [0.25, 0.3) is 0 Å². The van der Waals surface area contributed by atoms with Crippen molar-refractivity contribution in [3.8, 4) is 0 Å². The quantitative estimate of drug-likeness (QED) is 0.550. The topological polar surface area (TPSA) is 64.7 Å². The van der Waals surface area contributed by atoms with Crippen LogP contribution in [0.5, 0.6) is 0 Å². The third-order valence-corrected chi connectivity index (χ3v) is 4.66. The van der Waals surface area contributed by atoms with Gasteiger partial charge in [0.05, 0.1) is 18.3 Å². The third kappa shape index (κ3) is 4.24. The predicted molar refractivity (Wildman–Crippen MR) is 107 cm³/mol. The molecule has 2 aromatic heterocycles. The minimum Gasteiger partial charge on any atom is -0.338 e. The Bertz CT molecular complexity index is 1120. The van der Waals surface area contributed by atoms with Crippen molar-refractivity contribution in [1.82, 2.24) is 24.6 Å². The summed E-state index contributed by atoms with van der Waals surface area (Å²) in [7, 11) is 1.83. The number of nitrogens with one attached hydrogen (secondary N) is 1. The van der Waals surface area contributed by atoms with Crippen LogP contribution < -0.4 is 5.32 Å². The van der Waals surface area contributed by atoms with Crippen molar-refractivity contribution in [3.05, 3.63) is 108 Å². The molecule has 0 spiro atoms. The molecule has 2 heterocycles. The normalized spacial score (nSPS) is 11.9. The third-order valence-electron chi connectivity index (χ3n) is 4.66. The number of carbonyl (C=O) groups is 1. The first kappa shape index (κ1) is 18.6. The Labute approximate surface area is 167 Å². The second-order valence-corrected chi connectivity index (χ2v) is 6.77. The first-order valence-corrected chi connectivity index (χ1v) is 9.20. The van der Waals surface area contributed by atoms with Crippen LogP contribution in [0.4, 0.5) is 4.39 Å². The van der Waals surface area contributed by atoms with Crippen molar-refractivity contribution in [1.29, 1.82) is 0 Å². The highest BCUT2D eigenvalue weighted by molar-refractivity contribution is 5.94. The van der Waals surface area contributed by atoms with Gasteiger partial charge in [0.25, 0.3) is 5.91 Å². The summed E-state index contributed by atoms with van der Waals surface area (Å²) >= 11 is 0. The van der Waals surface area contributed by atoms with Gasteiger partial charge in [0.15, 0.2) is 0 Å². The number of rotatable bonds is 6. The number of hydrogen-bond donors (Lipinski definition) is 1. The van der Waals surface area contributed by atoms with Gasteiger partial charge in [-0.2, -0.15) is 5.10 Å². The van der Waals surface area contributed by atoms with Crippen molar-refractivity contribution in [2.45, 2.75) is 12.6 Å². The molecule has 146 valence electrons. The highest BCUT2D eigenvalue weighted by Crippen LogP contribution is 2.22. The zero-order chi connectivity index (χ0) is 20.2. The molecule has 0 saturated carbocycles. The number of hydrogen-bond acceptors (Lipinski definition) is 3. The van der Waals surface area contributed by atoms with Crippen LogP contribution in [-0.4, -0.2) is 25.2 Å². The molecule has 1 atom stereocenters. The number of imidazole rings is 1. The number of benzene rings is 2. The molecule has 0 saturated heterocycles. The van der Waals surface area contributed by atoms with E-state index in [1.54, 1.807) is 40.0 Å². The van der Waals surface area contributed by atoms with E-state index in [-0.39, 0.29) is 11.7 Å². The smallest absolute Gasteiger partial charge is 0.255 e. The molecule has 1 unspecified atom stereocenters. The Hall–Kier alpha value is -3.74. The first-order valence-electron chi connectivity index (χ1n) is 9.20. The van der Waals surface area contributed by atoms with Gasteiger partial charge in [-0.05, 0) is 23.3 Å². The van der Waals surface area contributed by atoms with Gasteiger partial charge in [0.2, 0.25) is 0 Å². The summed E-state index contributed by atoms with van der Waals surface area (Å²) in [5.41, 5.74) is 2.13. The van der Waals surface area contributed by atoms with Crippen LogP contribution in [0.3, 0.4) is 0 Å². The lowest BCUT2D eigenvalue weighted by atomic mass is 10.1. The average molecular weight is 389 g/mol. The van der Waals surface area contributed by atoms with Crippen LogP contribution in [0.2, 0.25) is 0 Å². The number of halogens is 1. The predicted octanol–water partition coefficient (Wildman–Crippen LogP) is 3.32. The maximum atomic E-state index is 13.8. The molecule has 0 aliphatic carbocycles. The monoisotopic (exact) mass is 389 g/mol. The minimum absolute atomic E-state index is 0.304. The van der Waals surface area contributed by atoms with Crippen molar-refractivity contribution >= 4 is 5.91 Å². The molecule has 1 amide bonds. The van der Waals surface area contributed by atoms with Gasteiger partial charge in [-0.15, -0.1) is 0 Å². The van der Waals surface area contributed by atoms with Crippen molar-refractivity contribution in [2.75, 3.05) is 0 Å². The molecule has 0 fully saturated rings. The number of carbonyl (C=O) groups excluding carboxylic acids is 1. The molecule has 1 N–H and O–H groups in total. The Morgan fingerprint density at radius 1 is 1.17 bits per heavy atom. The standard InChI is InChI=1S/C22H20FN5O/c1-27-11-10-24-21(27)20(17-8-5-9-19(23)12-17)26-22(29)18-13-25-28(15-18)14-16-6-3-2-4-7-16/h2-13,15,20H,14H2,1H3,(H,26,29). The summed E-state index contributed by atoms with van der Waals surface area (Å²) < 4.78 is 17.3. The lowest BCUT2D eigenvalue weighted by Gasteiger charge is -2.19. The molecule has 7 heteroatoms. The van der Waals surface area contributed by atoms with E-state index in [2.05, 4.69) is 15.4 Å². The SMILES string of the molecule is Cn1ccnc1C(NC(=O)c1cnn(Cc2ccccc2)c1)c1cccc(F)c1. The molecular formula is C22H20FN5O. The van der Waals surface area contributed by atoms with Crippen LogP contribution >= 0.6 is 0 Å². The molecule has 0 aliphatic rings. The molecular weight excluding hydrogens is 369 g/mol. The van der Waals surface area contributed by atoms with Crippen LogP contribution in [0.15, 0.2) is 79.4 Å². The van der Waals surface area contributed by atoms with E-state index in [4.69, 9.17) is 0 Å². The van der Waals surface area contributed by atoms with Crippen LogP contribution in [-0.2, 0) is 13.6 Å². The number of nitrogens with zero attached hydrogens (tertiary/aromatic N) is 4. The van der Waals surface area contributed by atoms with Gasteiger partial charge in [0.1, 0.15) is 17.7 Å². The first-order chi connectivity index (χ1) is 14.1. The summed E-state index contributed by atoms with van der Waals surface area (Å²) in [6, 6.07) is 15.4. The summed E-state index contributed by atoms with van der Waals surface area (Å²) in [5.74, 6) is -0.0613. The highest BCUT2D eigenvalue weighted by Gasteiger charge is 2.22. The zero-order valence-electron chi connectivity index (χ0n) is 15.9.